The second-order valence-corrected chi connectivity index (χ2v) is 9.70. The summed E-state index contributed by atoms with van der Waals surface area (Å²) < 4.78 is 5.80. The highest BCUT2D eigenvalue weighted by molar-refractivity contribution is 8.00. The van der Waals surface area contributed by atoms with Crippen molar-refractivity contribution in [3.05, 3.63) is 96.1 Å². The minimum Gasteiger partial charge on any atom is -0.457 e. The summed E-state index contributed by atoms with van der Waals surface area (Å²) in [4.78, 5) is 23.7. The van der Waals surface area contributed by atoms with Crippen LogP contribution in [-0.2, 0) is 4.79 Å². The van der Waals surface area contributed by atoms with Crippen molar-refractivity contribution in [2.75, 3.05) is 11.1 Å². The van der Waals surface area contributed by atoms with Gasteiger partial charge in [-0.25, -0.2) is 9.97 Å². The van der Waals surface area contributed by atoms with Crippen LogP contribution < -0.4 is 10.1 Å². The van der Waals surface area contributed by atoms with E-state index >= 15 is 0 Å². The third-order valence-corrected chi connectivity index (χ3v) is 7.15. The van der Waals surface area contributed by atoms with Crippen LogP contribution in [0.1, 0.15) is 4.88 Å². The normalized spacial score (nSPS) is 10.9. The standard InChI is InChI=1S/C27H21N3O2S2/c1-18-24(19-8-4-2-5-9-19)25-26(28-17-29-27(25)34-18)33-16-23(31)30-20-12-14-22(15-13-20)32-21-10-6-3-7-11-21/h2-15,17H,16H2,1H3,(H,30,31). The zero-order valence-corrected chi connectivity index (χ0v) is 20.0. The molecule has 1 amide bonds. The number of benzene rings is 3. The molecule has 5 aromatic rings. The lowest BCUT2D eigenvalue weighted by Gasteiger charge is -2.09. The lowest BCUT2D eigenvalue weighted by molar-refractivity contribution is -0.113. The largest absolute Gasteiger partial charge is 0.457 e. The van der Waals surface area contributed by atoms with Gasteiger partial charge in [-0.3, -0.25) is 4.79 Å². The van der Waals surface area contributed by atoms with Gasteiger partial charge in [-0.1, -0.05) is 60.3 Å². The number of aromatic nitrogens is 2. The van der Waals surface area contributed by atoms with Crippen molar-refractivity contribution in [1.29, 1.82) is 0 Å². The lowest BCUT2D eigenvalue weighted by Crippen LogP contribution is -2.14. The molecule has 0 atom stereocenters. The molecule has 0 aliphatic carbocycles. The minimum atomic E-state index is -0.0956. The van der Waals surface area contributed by atoms with E-state index in [1.54, 1.807) is 17.7 Å². The first-order valence-corrected chi connectivity index (χ1v) is 12.5. The van der Waals surface area contributed by atoms with Crippen molar-refractivity contribution in [3.8, 4) is 22.6 Å². The molecule has 5 rings (SSSR count). The molecule has 2 heterocycles. The molecule has 0 aliphatic rings. The predicted molar refractivity (Wildman–Crippen MR) is 140 cm³/mol. The molecule has 168 valence electrons. The number of thioether (sulfide) groups is 1. The van der Waals surface area contributed by atoms with E-state index in [9.17, 15) is 4.79 Å². The third-order valence-electron chi connectivity index (χ3n) is 5.15. The van der Waals surface area contributed by atoms with Crippen LogP contribution in [0.25, 0.3) is 21.3 Å². The topological polar surface area (TPSA) is 64.1 Å². The molecular weight excluding hydrogens is 462 g/mol. The van der Waals surface area contributed by atoms with Crippen LogP contribution in [0.4, 0.5) is 5.69 Å². The smallest absolute Gasteiger partial charge is 0.234 e. The number of amides is 1. The van der Waals surface area contributed by atoms with Crippen molar-refractivity contribution in [2.45, 2.75) is 11.9 Å². The molecule has 0 unspecified atom stereocenters. The number of nitrogens with zero attached hydrogens (tertiary/aromatic N) is 2. The van der Waals surface area contributed by atoms with Crippen molar-refractivity contribution in [2.24, 2.45) is 0 Å². The number of anilines is 1. The van der Waals surface area contributed by atoms with E-state index in [0.717, 1.165) is 37.8 Å². The number of ether oxygens (including phenoxy) is 1. The second kappa shape index (κ2) is 10.1. The van der Waals surface area contributed by atoms with E-state index in [-0.39, 0.29) is 11.7 Å². The molecule has 2 aromatic heterocycles. The Morgan fingerprint density at radius 1 is 0.912 bits per heavy atom. The Morgan fingerprint density at radius 3 is 2.32 bits per heavy atom. The quantitative estimate of drug-likeness (QED) is 0.196. The van der Waals surface area contributed by atoms with Crippen LogP contribution >= 0.6 is 23.1 Å². The van der Waals surface area contributed by atoms with Crippen molar-refractivity contribution in [1.82, 2.24) is 9.97 Å². The van der Waals surface area contributed by atoms with E-state index in [0.29, 0.717) is 5.75 Å². The number of nitrogens with one attached hydrogen (secondary N) is 1. The van der Waals surface area contributed by atoms with Gasteiger partial charge in [0.15, 0.2) is 0 Å². The van der Waals surface area contributed by atoms with E-state index in [1.807, 2.05) is 72.8 Å². The number of rotatable bonds is 7. The minimum absolute atomic E-state index is 0.0956. The molecule has 1 N–H and O–H groups in total. The fourth-order valence-electron chi connectivity index (χ4n) is 3.64. The van der Waals surface area contributed by atoms with Crippen LogP contribution in [0.15, 0.2) is 96.3 Å². The third kappa shape index (κ3) is 4.95. The molecule has 0 fully saturated rings. The van der Waals surface area contributed by atoms with Gasteiger partial charge in [-0.2, -0.15) is 0 Å². The Bertz CT molecular complexity index is 1420. The molecule has 3 aromatic carbocycles. The number of para-hydroxylation sites is 1. The molecule has 0 aliphatic heterocycles. The van der Waals surface area contributed by atoms with Gasteiger partial charge >= 0.3 is 0 Å². The van der Waals surface area contributed by atoms with E-state index in [4.69, 9.17) is 4.74 Å². The van der Waals surface area contributed by atoms with Crippen molar-refractivity contribution >= 4 is 44.9 Å². The van der Waals surface area contributed by atoms with Gasteiger partial charge in [0.1, 0.15) is 27.7 Å². The highest BCUT2D eigenvalue weighted by Crippen LogP contribution is 2.41. The molecular formula is C27H21N3O2S2. The van der Waals surface area contributed by atoms with E-state index in [2.05, 4.69) is 34.3 Å². The summed E-state index contributed by atoms with van der Waals surface area (Å²) in [6.07, 6.45) is 1.57. The summed E-state index contributed by atoms with van der Waals surface area (Å²) in [6, 6.07) is 27.2. The molecule has 0 saturated heterocycles. The monoisotopic (exact) mass is 483 g/mol. The Kier molecular flexibility index (Phi) is 6.56. The number of carbonyl (C=O) groups excluding carboxylic acids is 1. The maximum absolute atomic E-state index is 12.7. The SMILES string of the molecule is Cc1sc2ncnc(SCC(=O)Nc3ccc(Oc4ccccc4)cc3)c2c1-c1ccccc1. The number of fused-ring (bicyclic) bond motifs is 1. The van der Waals surface area contributed by atoms with Crippen LogP contribution in [0.2, 0.25) is 0 Å². The Morgan fingerprint density at radius 2 is 1.59 bits per heavy atom. The summed E-state index contributed by atoms with van der Waals surface area (Å²) in [5.74, 6) is 1.63. The molecule has 0 spiro atoms. The average molecular weight is 484 g/mol. The molecule has 0 bridgehead atoms. The summed E-state index contributed by atoms with van der Waals surface area (Å²) in [5, 5.41) is 4.77. The van der Waals surface area contributed by atoms with Crippen LogP contribution in [0.3, 0.4) is 0 Å². The van der Waals surface area contributed by atoms with Gasteiger partial charge in [0.2, 0.25) is 5.91 Å². The lowest BCUT2D eigenvalue weighted by atomic mass is 10.0. The van der Waals surface area contributed by atoms with Gasteiger partial charge in [0.25, 0.3) is 0 Å². The average Bonchev–Trinajstić information content (AvgIpc) is 3.21. The maximum atomic E-state index is 12.7. The zero-order valence-electron chi connectivity index (χ0n) is 18.4. The summed E-state index contributed by atoms with van der Waals surface area (Å²) in [6.45, 7) is 2.10. The predicted octanol–water partition coefficient (Wildman–Crippen LogP) is 7.19. The number of carbonyl (C=O) groups is 1. The number of hydrogen-bond donors (Lipinski definition) is 1. The fraction of sp³-hybridized carbons (Fsp3) is 0.0741. The number of hydrogen-bond acceptors (Lipinski definition) is 6. The van der Waals surface area contributed by atoms with Gasteiger partial charge in [-0.15, -0.1) is 11.3 Å². The van der Waals surface area contributed by atoms with Crippen molar-refractivity contribution in [3.63, 3.8) is 0 Å². The molecule has 0 saturated carbocycles. The van der Waals surface area contributed by atoms with Crippen molar-refractivity contribution < 1.29 is 9.53 Å². The van der Waals surface area contributed by atoms with Crippen LogP contribution in [0.5, 0.6) is 11.5 Å². The second-order valence-electron chi connectivity index (χ2n) is 7.53. The first kappa shape index (κ1) is 22.1. The van der Waals surface area contributed by atoms with Gasteiger partial charge < -0.3 is 10.1 Å². The molecule has 0 radical (unpaired) electrons. The summed E-state index contributed by atoms with van der Waals surface area (Å²) in [5.41, 5.74) is 2.98. The Labute approximate surface area is 205 Å². The zero-order chi connectivity index (χ0) is 23.3. The van der Waals surface area contributed by atoms with E-state index in [1.165, 1.54) is 16.6 Å². The fourth-order valence-corrected chi connectivity index (χ4v) is 5.52. The Hall–Kier alpha value is -3.68. The maximum Gasteiger partial charge on any atom is 0.234 e. The summed E-state index contributed by atoms with van der Waals surface area (Å²) in [7, 11) is 0. The number of aryl methyl sites for hydroxylation is 1. The molecule has 34 heavy (non-hydrogen) atoms. The van der Waals surface area contributed by atoms with Crippen LogP contribution in [-0.4, -0.2) is 21.6 Å². The summed E-state index contributed by atoms with van der Waals surface area (Å²) >= 11 is 3.07. The highest BCUT2D eigenvalue weighted by atomic mass is 32.2. The first-order chi connectivity index (χ1) is 16.7. The number of thiophene rings is 1. The van der Waals surface area contributed by atoms with E-state index < -0.39 is 0 Å². The van der Waals surface area contributed by atoms with Gasteiger partial charge in [0.05, 0.1) is 11.1 Å². The Balaban J connectivity index is 1.27. The molecule has 5 nitrogen and oxygen atoms in total. The van der Waals surface area contributed by atoms with Crippen LogP contribution in [0, 0.1) is 6.92 Å². The van der Waals surface area contributed by atoms with Gasteiger partial charge in [-0.05, 0) is 48.9 Å². The first-order valence-electron chi connectivity index (χ1n) is 10.7. The highest BCUT2D eigenvalue weighted by Gasteiger charge is 2.17. The van der Waals surface area contributed by atoms with Gasteiger partial charge in [0, 0.05) is 16.1 Å². The molecule has 7 heteroatoms.